The molecule has 0 aliphatic heterocycles. The minimum Gasteiger partial charge on any atom is -0.489 e. The molecule has 2 rings (SSSR count). The molecule has 4 heteroatoms. The highest BCUT2D eigenvalue weighted by atomic mass is 32.1. The molecule has 0 amide bonds. The van der Waals surface area contributed by atoms with Crippen LogP contribution in [-0.2, 0) is 0 Å². The molecule has 3 nitrogen and oxygen atoms in total. The summed E-state index contributed by atoms with van der Waals surface area (Å²) in [6.45, 7) is 2.28. The molecule has 2 atom stereocenters. The molecule has 1 aromatic rings. The molecule has 2 N–H and O–H groups in total. The number of nitrogens with zero attached hydrogens (tertiary/aromatic N) is 1. The van der Waals surface area contributed by atoms with E-state index in [9.17, 15) is 0 Å². The zero-order valence-electron chi connectivity index (χ0n) is 10.1. The van der Waals surface area contributed by atoms with Crippen LogP contribution in [0.25, 0.3) is 0 Å². The lowest BCUT2D eigenvalue weighted by Crippen LogP contribution is -2.24. The fourth-order valence-corrected chi connectivity index (χ4v) is 2.39. The van der Waals surface area contributed by atoms with Crippen LogP contribution >= 0.6 is 12.2 Å². The van der Waals surface area contributed by atoms with Crippen LogP contribution in [0.5, 0.6) is 5.75 Å². The first-order valence-corrected chi connectivity index (χ1v) is 6.48. The molecule has 1 aromatic heterocycles. The largest absolute Gasteiger partial charge is 0.489 e. The SMILES string of the molecule is CC1CCCC(Oc2ccc(C(N)=S)nc2)C1. The minimum absolute atomic E-state index is 0.322. The molecule has 17 heavy (non-hydrogen) atoms. The molecular weight excluding hydrogens is 232 g/mol. The maximum absolute atomic E-state index is 5.91. The summed E-state index contributed by atoms with van der Waals surface area (Å²) < 4.78 is 5.91. The molecule has 1 heterocycles. The number of ether oxygens (including phenoxy) is 1. The highest BCUT2D eigenvalue weighted by Crippen LogP contribution is 2.27. The smallest absolute Gasteiger partial charge is 0.138 e. The van der Waals surface area contributed by atoms with Gasteiger partial charge in [-0.25, -0.2) is 4.98 Å². The zero-order chi connectivity index (χ0) is 12.3. The van der Waals surface area contributed by atoms with Gasteiger partial charge in [-0.2, -0.15) is 0 Å². The molecular formula is C13H18N2OS. The molecule has 1 aliphatic carbocycles. The van der Waals surface area contributed by atoms with Gasteiger partial charge in [-0.05, 0) is 37.3 Å². The van der Waals surface area contributed by atoms with E-state index in [0.717, 1.165) is 24.5 Å². The average Bonchev–Trinajstić information content (AvgIpc) is 2.29. The number of thiocarbonyl (C=S) groups is 1. The highest BCUT2D eigenvalue weighted by Gasteiger charge is 2.20. The van der Waals surface area contributed by atoms with Crippen LogP contribution in [-0.4, -0.2) is 16.1 Å². The predicted molar refractivity (Wildman–Crippen MR) is 72.2 cm³/mol. The van der Waals surface area contributed by atoms with Crippen molar-refractivity contribution in [1.82, 2.24) is 4.98 Å². The van der Waals surface area contributed by atoms with Crippen molar-refractivity contribution in [3.05, 3.63) is 24.0 Å². The van der Waals surface area contributed by atoms with Gasteiger partial charge in [-0.1, -0.05) is 25.6 Å². The summed E-state index contributed by atoms with van der Waals surface area (Å²) in [6, 6.07) is 3.70. The van der Waals surface area contributed by atoms with Gasteiger partial charge in [0.25, 0.3) is 0 Å². The fourth-order valence-electron chi connectivity index (χ4n) is 2.27. The molecule has 2 unspecified atom stereocenters. The lowest BCUT2D eigenvalue weighted by molar-refractivity contribution is 0.129. The Labute approximate surface area is 107 Å². The molecule has 0 aromatic carbocycles. The molecule has 1 saturated carbocycles. The first kappa shape index (κ1) is 12.3. The van der Waals surface area contributed by atoms with Gasteiger partial charge in [-0.15, -0.1) is 0 Å². The molecule has 1 aliphatic rings. The number of rotatable bonds is 3. The monoisotopic (exact) mass is 250 g/mol. The van der Waals surface area contributed by atoms with Gasteiger partial charge >= 0.3 is 0 Å². The van der Waals surface area contributed by atoms with E-state index >= 15 is 0 Å². The Morgan fingerprint density at radius 1 is 1.47 bits per heavy atom. The lowest BCUT2D eigenvalue weighted by Gasteiger charge is -2.27. The Hall–Kier alpha value is -1.16. The predicted octanol–water partition coefficient (Wildman–Crippen LogP) is 2.67. The Morgan fingerprint density at radius 2 is 2.29 bits per heavy atom. The van der Waals surface area contributed by atoms with Crippen LogP contribution in [0.15, 0.2) is 18.3 Å². The maximum atomic E-state index is 5.91. The standard InChI is InChI=1S/C13H18N2OS/c1-9-3-2-4-10(7-9)16-11-5-6-12(13(14)17)15-8-11/h5-6,8-10H,2-4,7H2,1H3,(H2,14,17). The van der Waals surface area contributed by atoms with Crippen LogP contribution in [0.3, 0.4) is 0 Å². The van der Waals surface area contributed by atoms with Gasteiger partial charge in [0, 0.05) is 0 Å². The Kier molecular flexibility index (Phi) is 3.94. The molecule has 0 saturated heterocycles. The summed E-state index contributed by atoms with van der Waals surface area (Å²) in [4.78, 5) is 4.49. The van der Waals surface area contributed by atoms with Crippen molar-refractivity contribution in [3.63, 3.8) is 0 Å². The van der Waals surface area contributed by atoms with E-state index in [0.29, 0.717) is 16.8 Å². The Morgan fingerprint density at radius 3 is 2.88 bits per heavy atom. The van der Waals surface area contributed by atoms with Gasteiger partial charge in [-0.3, -0.25) is 0 Å². The Balaban J connectivity index is 1.96. The Bertz CT molecular complexity index is 391. The van der Waals surface area contributed by atoms with Crippen molar-refractivity contribution in [2.24, 2.45) is 11.7 Å². The first-order chi connectivity index (χ1) is 8.15. The van der Waals surface area contributed by atoms with Crippen molar-refractivity contribution in [2.75, 3.05) is 0 Å². The van der Waals surface area contributed by atoms with E-state index in [-0.39, 0.29) is 0 Å². The second-order valence-corrected chi connectivity index (χ2v) is 5.19. The van der Waals surface area contributed by atoms with Crippen molar-refractivity contribution in [2.45, 2.75) is 38.7 Å². The van der Waals surface area contributed by atoms with Gasteiger partial charge < -0.3 is 10.5 Å². The zero-order valence-corrected chi connectivity index (χ0v) is 10.9. The van der Waals surface area contributed by atoms with Gasteiger partial charge in [0.15, 0.2) is 0 Å². The third-order valence-electron chi connectivity index (χ3n) is 3.18. The van der Waals surface area contributed by atoms with Crippen LogP contribution in [0.4, 0.5) is 0 Å². The number of pyridine rings is 1. The lowest BCUT2D eigenvalue weighted by atomic mass is 9.89. The van der Waals surface area contributed by atoms with E-state index in [1.165, 1.54) is 12.8 Å². The average molecular weight is 250 g/mol. The quantitative estimate of drug-likeness (QED) is 0.838. The maximum Gasteiger partial charge on any atom is 0.138 e. The summed E-state index contributed by atoms with van der Waals surface area (Å²) in [6.07, 6.45) is 6.88. The molecule has 1 fully saturated rings. The van der Waals surface area contributed by atoms with E-state index in [4.69, 9.17) is 22.7 Å². The van der Waals surface area contributed by atoms with Crippen molar-refractivity contribution in [1.29, 1.82) is 0 Å². The topological polar surface area (TPSA) is 48.1 Å². The van der Waals surface area contributed by atoms with E-state index in [1.54, 1.807) is 6.20 Å². The minimum atomic E-state index is 0.322. The third kappa shape index (κ3) is 3.40. The summed E-state index contributed by atoms with van der Waals surface area (Å²) in [5, 5.41) is 0. The summed E-state index contributed by atoms with van der Waals surface area (Å²) >= 11 is 4.86. The fraction of sp³-hybridized carbons (Fsp3) is 0.538. The summed E-state index contributed by atoms with van der Waals surface area (Å²) in [7, 11) is 0. The van der Waals surface area contributed by atoms with Crippen LogP contribution in [0.1, 0.15) is 38.3 Å². The van der Waals surface area contributed by atoms with Gasteiger partial charge in [0.1, 0.15) is 10.7 Å². The molecule has 92 valence electrons. The van der Waals surface area contributed by atoms with Crippen LogP contribution in [0, 0.1) is 5.92 Å². The number of aromatic nitrogens is 1. The normalized spacial score (nSPS) is 24.3. The third-order valence-corrected chi connectivity index (χ3v) is 3.39. The summed E-state index contributed by atoms with van der Waals surface area (Å²) in [5.74, 6) is 1.57. The van der Waals surface area contributed by atoms with Crippen molar-refractivity contribution < 1.29 is 4.74 Å². The summed E-state index contributed by atoms with van der Waals surface area (Å²) in [5.41, 5.74) is 6.14. The molecule has 0 radical (unpaired) electrons. The highest BCUT2D eigenvalue weighted by molar-refractivity contribution is 7.80. The number of hydrogen-bond donors (Lipinski definition) is 1. The second-order valence-electron chi connectivity index (χ2n) is 4.76. The van der Waals surface area contributed by atoms with E-state index < -0.39 is 0 Å². The van der Waals surface area contributed by atoms with Crippen LogP contribution < -0.4 is 10.5 Å². The van der Waals surface area contributed by atoms with Gasteiger partial charge in [0.05, 0.1) is 18.0 Å². The van der Waals surface area contributed by atoms with E-state index in [2.05, 4.69) is 11.9 Å². The van der Waals surface area contributed by atoms with Gasteiger partial charge in [0.2, 0.25) is 0 Å². The number of hydrogen-bond acceptors (Lipinski definition) is 3. The van der Waals surface area contributed by atoms with Crippen molar-refractivity contribution >= 4 is 17.2 Å². The van der Waals surface area contributed by atoms with Crippen molar-refractivity contribution in [3.8, 4) is 5.75 Å². The molecule has 0 bridgehead atoms. The second kappa shape index (κ2) is 5.45. The van der Waals surface area contributed by atoms with E-state index in [1.807, 2.05) is 12.1 Å². The van der Waals surface area contributed by atoms with Crippen LogP contribution in [0.2, 0.25) is 0 Å². The first-order valence-electron chi connectivity index (χ1n) is 6.07. The molecule has 0 spiro atoms. The number of nitrogens with two attached hydrogens (primary N) is 1.